The lowest BCUT2D eigenvalue weighted by atomic mass is 9.85. The van der Waals surface area contributed by atoms with Crippen LogP contribution in [0.1, 0.15) is 26.2 Å². The van der Waals surface area contributed by atoms with Gasteiger partial charge in [-0.25, -0.2) is 5.10 Å². The number of amides is 1. The van der Waals surface area contributed by atoms with Crippen LogP contribution in [-0.4, -0.2) is 27.7 Å². The number of rotatable bonds is 4. The number of carbonyl (C=O) groups is 1. The molecule has 2 rings (SSSR count). The quantitative estimate of drug-likeness (QED) is 0.775. The molecule has 1 aromatic heterocycles. The molecule has 1 amide bonds. The van der Waals surface area contributed by atoms with Gasteiger partial charge in [-0.15, -0.1) is 5.10 Å². The van der Waals surface area contributed by atoms with Crippen molar-refractivity contribution in [2.75, 3.05) is 11.9 Å². The molecule has 1 heterocycles. The molecule has 0 saturated heterocycles. The molecule has 0 spiro atoms. The zero-order chi connectivity index (χ0) is 10.7. The molecule has 15 heavy (non-hydrogen) atoms. The predicted molar refractivity (Wildman–Crippen MR) is 53.5 cm³/mol. The molecule has 0 aromatic carbocycles. The Bertz CT molecular complexity index is 346. The van der Waals surface area contributed by atoms with Gasteiger partial charge in [-0.1, -0.05) is 6.42 Å². The van der Waals surface area contributed by atoms with E-state index in [2.05, 4.69) is 20.5 Å². The molecule has 0 atom stereocenters. The molecule has 0 unspecified atom stereocenters. The molecule has 1 aliphatic rings. The van der Waals surface area contributed by atoms with Crippen molar-refractivity contribution in [3.8, 4) is 6.01 Å². The van der Waals surface area contributed by atoms with Crippen LogP contribution in [0, 0.1) is 5.92 Å². The summed E-state index contributed by atoms with van der Waals surface area (Å²) in [6.45, 7) is 2.36. The van der Waals surface area contributed by atoms with Crippen LogP contribution in [0.15, 0.2) is 0 Å². The normalized spacial score (nSPS) is 15.8. The van der Waals surface area contributed by atoms with Gasteiger partial charge in [0, 0.05) is 5.92 Å². The minimum Gasteiger partial charge on any atom is -0.463 e. The van der Waals surface area contributed by atoms with E-state index in [1.54, 1.807) is 0 Å². The number of H-pyrrole nitrogens is 1. The number of hydrogen-bond acceptors (Lipinski definition) is 4. The Labute approximate surface area is 87.4 Å². The highest BCUT2D eigenvalue weighted by Crippen LogP contribution is 2.27. The number of aromatic amines is 1. The zero-order valence-corrected chi connectivity index (χ0v) is 8.62. The van der Waals surface area contributed by atoms with Crippen molar-refractivity contribution in [3.63, 3.8) is 0 Å². The van der Waals surface area contributed by atoms with Crippen molar-refractivity contribution in [1.82, 2.24) is 15.2 Å². The third-order valence-corrected chi connectivity index (χ3v) is 2.46. The van der Waals surface area contributed by atoms with Crippen LogP contribution in [0.4, 0.5) is 5.95 Å². The van der Waals surface area contributed by atoms with Crippen molar-refractivity contribution < 1.29 is 9.53 Å². The molecule has 1 saturated carbocycles. The lowest BCUT2D eigenvalue weighted by Crippen LogP contribution is -2.28. The molecule has 1 fully saturated rings. The van der Waals surface area contributed by atoms with Gasteiger partial charge in [0.05, 0.1) is 6.61 Å². The Morgan fingerprint density at radius 2 is 2.47 bits per heavy atom. The Morgan fingerprint density at radius 1 is 1.67 bits per heavy atom. The summed E-state index contributed by atoms with van der Waals surface area (Å²) in [5.74, 6) is 0.515. The summed E-state index contributed by atoms with van der Waals surface area (Å²) < 4.78 is 5.06. The lowest BCUT2D eigenvalue weighted by molar-refractivity contribution is -0.122. The Kier molecular flexibility index (Phi) is 2.84. The first-order valence-electron chi connectivity index (χ1n) is 5.15. The van der Waals surface area contributed by atoms with Crippen molar-refractivity contribution in [2.24, 2.45) is 5.92 Å². The Morgan fingerprint density at radius 3 is 3.07 bits per heavy atom. The van der Waals surface area contributed by atoms with E-state index in [4.69, 9.17) is 4.74 Å². The first-order chi connectivity index (χ1) is 7.29. The molecule has 2 N–H and O–H groups in total. The van der Waals surface area contributed by atoms with Gasteiger partial charge in [0.2, 0.25) is 11.9 Å². The van der Waals surface area contributed by atoms with Gasteiger partial charge < -0.3 is 4.74 Å². The molecule has 0 bridgehead atoms. The zero-order valence-electron chi connectivity index (χ0n) is 8.62. The lowest BCUT2D eigenvalue weighted by Gasteiger charge is -2.23. The van der Waals surface area contributed by atoms with Gasteiger partial charge in [0.1, 0.15) is 0 Å². The smallest absolute Gasteiger partial charge is 0.337 e. The van der Waals surface area contributed by atoms with Gasteiger partial charge in [-0.05, 0) is 19.8 Å². The standard InChI is InChI=1S/C9H14N4O2/c1-2-15-9-11-8(12-13-9)10-7(14)6-4-3-5-6/h6H,2-5H2,1H3,(H2,10,11,12,13,14). The van der Waals surface area contributed by atoms with Crippen LogP contribution in [0.5, 0.6) is 6.01 Å². The fraction of sp³-hybridized carbons (Fsp3) is 0.667. The second kappa shape index (κ2) is 4.29. The minimum absolute atomic E-state index is 0.0143. The van der Waals surface area contributed by atoms with E-state index >= 15 is 0 Å². The summed E-state index contributed by atoms with van der Waals surface area (Å²) in [5.41, 5.74) is 0. The van der Waals surface area contributed by atoms with Crippen molar-refractivity contribution in [3.05, 3.63) is 0 Å². The SMILES string of the molecule is CCOc1n[nH]c(NC(=O)C2CCC2)n1. The van der Waals surface area contributed by atoms with E-state index in [0.717, 1.165) is 19.3 Å². The van der Waals surface area contributed by atoms with Crippen LogP contribution in [-0.2, 0) is 4.79 Å². The van der Waals surface area contributed by atoms with Crippen LogP contribution in [0.3, 0.4) is 0 Å². The van der Waals surface area contributed by atoms with Crippen molar-refractivity contribution in [1.29, 1.82) is 0 Å². The summed E-state index contributed by atoms with van der Waals surface area (Å²) in [4.78, 5) is 15.5. The highest BCUT2D eigenvalue weighted by molar-refractivity contribution is 5.91. The molecular formula is C9H14N4O2. The second-order valence-corrected chi connectivity index (χ2v) is 3.52. The maximum atomic E-state index is 11.5. The number of aromatic nitrogens is 3. The van der Waals surface area contributed by atoms with Gasteiger partial charge >= 0.3 is 6.01 Å². The van der Waals surface area contributed by atoms with Gasteiger partial charge in [-0.3, -0.25) is 10.1 Å². The number of carbonyl (C=O) groups excluding carboxylic acids is 1. The molecule has 1 aliphatic carbocycles. The van der Waals surface area contributed by atoms with Crippen molar-refractivity contribution in [2.45, 2.75) is 26.2 Å². The van der Waals surface area contributed by atoms with E-state index in [1.807, 2.05) is 6.92 Å². The first-order valence-corrected chi connectivity index (χ1v) is 5.15. The third-order valence-electron chi connectivity index (χ3n) is 2.46. The average Bonchev–Trinajstić information content (AvgIpc) is 2.49. The van der Waals surface area contributed by atoms with Crippen LogP contribution in [0.2, 0.25) is 0 Å². The summed E-state index contributed by atoms with van der Waals surface area (Å²) in [5, 5.41) is 9.07. The maximum absolute atomic E-state index is 11.5. The molecule has 6 heteroatoms. The summed E-state index contributed by atoms with van der Waals surface area (Å²) in [7, 11) is 0. The van der Waals surface area contributed by atoms with Gasteiger partial charge in [-0.2, -0.15) is 4.98 Å². The highest BCUT2D eigenvalue weighted by atomic mass is 16.5. The van der Waals surface area contributed by atoms with E-state index in [0.29, 0.717) is 12.6 Å². The summed E-state index contributed by atoms with van der Waals surface area (Å²) >= 11 is 0. The number of hydrogen-bond donors (Lipinski definition) is 2. The van der Waals surface area contributed by atoms with E-state index in [-0.39, 0.29) is 17.8 Å². The second-order valence-electron chi connectivity index (χ2n) is 3.52. The van der Waals surface area contributed by atoms with E-state index < -0.39 is 0 Å². The third kappa shape index (κ3) is 2.26. The first kappa shape index (κ1) is 9.95. The fourth-order valence-electron chi connectivity index (χ4n) is 1.39. The summed E-state index contributed by atoms with van der Waals surface area (Å²) in [6, 6.07) is 0.265. The van der Waals surface area contributed by atoms with E-state index in [9.17, 15) is 4.79 Å². The number of anilines is 1. The molecule has 0 radical (unpaired) electrons. The fourth-order valence-corrected chi connectivity index (χ4v) is 1.39. The number of nitrogens with zero attached hydrogens (tertiary/aromatic N) is 2. The minimum atomic E-state index is 0.0143. The maximum Gasteiger partial charge on any atom is 0.337 e. The summed E-state index contributed by atoms with van der Waals surface area (Å²) in [6.07, 6.45) is 3.08. The van der Waals surface area contributed by atoms with Gasteiger partial charge in [0.15, 0.2) is 0 Å². The monoisotopic (exact) mass is 210 g/mol. The van der Waals surface area contributed by atoms with Crippen molar-refractivity contribution >= 4 is 11.9 Å². The highest BCUT2D eigenvalue weighted by Gasteiger charge is 2.25. The number of nitrogens with one attached hydrogen (secondary N) is 2. The molecular weight excluding hydrogens is 196 g/mol. The largest absolute Gasteiger partial charge is 0.463 e. The number of ether oxygens (including phenoxy) is 1. The molecule has 0 aliphatic heterocycles. The predicted octanol–water partition coefficient (Wildman–Crippen LogP) is 0.942. The Balaban J connectivity index is 1.89. The van der Waals surface area contributed by atoms with Crippen LogP contribution in [0.25, 0.3) is 0 Å². The molecule has 82 valence electrons. The van der Waals surface area contributed by atoms with Crippen LogP contribution >= 0.6 is 0 Å². The molecule has 6 nitrogen and oxygen atoms in total. The van der Waals surface area contributed by atoms with Crippen LogP contribution < -0.4 is 10.1 Å². The van der Waals surface area contributed by atoms with Gasteiger partial charge in [0.25, 0.3) is 0 Å². The molecule has 1 aromatic rings. The topological polar surface area (TPSA) is 79.9 Å². The Hall–Kier alpha value is -1.59. The average molecular weight is 210 g/mol. The van der Waals surface area contributed by atoms with E-state index in [1.165, 1.54) is 0 Å².